The number of ether oxygens (including phenoxy) is 1. The first-order valence-electron chi connectivity index (χ1n) is 8.08. The number of pyridine rings is 1. The Kier molecular flexibility index (Phi) is 4.80. The van der Waals surface area contributed by atoms with E-state index >= 15 is 0 Å². The highest BCUT2D eigenvalue weighted by atomic mass is 16.5. The molecule has 2 N–H and O–H groups in total. The lowest BCUT2D eigenvalue weighted by molar-refractivity contribution is 0.0999. The van der Waals surface area contributed by atoms with Crippen molar-refractivity contribution < 1.29 is 9.53 Å². The fourth-order valence-electron chi connectivity index (χ4n) is 2.96. The van der Waals surface area contributed by atoms with Gasteiger partial charge in [0.1, 0.15) is 5.75 Å². The molecule has 1 aromatic heterocycles. The highest BCUT2D eigenvalue weighted by Gasteiger charge is 2.17. The van der Waals surface area contributed by atoms with E-state index in [9.17, 15) is 4.79 Å². The second-order valence-corrected chi connectivity index (χ2v) is 5.90. The number of primary amides is 1. The van der Waals surface area contributed by atoms with Crippen LogP contribution in [-0.2, 0) is 0 Å². The third-order valence-corrected chi connectivity index (χ3v) is 4.39. The molecule has 0 fully saturated rings. The molecule has 0 spiro atoms. The van der Waals surface area contributed by atoms with Crippen LogP contribution in [0.2, 0.25) is 0 Å². The number of nitrogens with two attached hydrogens (primary N) is 1. The molecule has 1 heterocycles. The minimum absolute atomic E-state index is 0.000567. The molecule has 0 saturated heterocycles. The minimum Gasteiger partial charge on any atom is -0.497 e. The van der Waals surface area contributed by atoms with Crippen molar-refractivity contribution in [1.29, 1.82) is 0 Å². The Morgan fingerprint density at radius 1 is 1.04 bits per heavy atom. The summed E-state index contributed by atoms with van der Waals surface area (Å²) < 4.78 is 5.31. The molecule has 0 saturated carbocycles. The number of carbonyl (C=O) groups is 1. The van der Waals surface area contributed by atoms with Crippen molar-refractivity contribution >= 4 is 5.91 Å². The molecule has 1 amide bonds. The maximum atomic E-state index is 11.9. The van der Waals surface area contributed by atoms with Gasteiger partial charge in [-0.05, 0) is 58.7 Å². The molecule has 25 heavy (non-hydrogen) atoms. The van der Waals surface area contributed by atoms with E-state index in [2.05, 4.69) is 11.9 Å². The Hall–Kier alpha value is -3.14. The number of amides is 1. The smallest absolute Gasteiger partial charge is 0.248 e. The average molecular weight is 332 g/mol. The predicted octanol–water partition coefficient (Wildman–Crippen LogP) is 4.01. The van der Waals surface area contributed by atoms with E-state index in [0.29, 0.717) is 5.56 Å². The van der Waals surface area contributed by atoms with Crippen molar-refractivity contribution in [3.8, 4) is 16.9 Å². The molecule has 0 aliphatic rings. The van der Waals surface area contributed by atoms with Gasteiger partial charge in [0.25, 0.3) is 0 Å². The van der Waals surface area contributed by atoms with Crippen molar-refractivity contribution in [2.45, 2.75) is 12.8 Å². The molecule has 2 aromatic carbocycles. The minimum atomic E-state index is -0.425. The number of rotatable bonds is 5. The largest absolute Gasteiger partial charge is 0.497 e. The average Bonchev–Trinajstić information content (AvgIpc) is 2.67. The zero-order valence-corrected chi connectivity index (χ0v) is 14.3. The molecule has 0 aliphatic heterocycles. The zero-order chi connectivity index (χ0) is 17.8. The van der Waals surface area contributed by atoms with Crippen LogP contribution in [0.15, 0.2) is 67.0 Å². The highest BCUT2D eigenvalue weighted by Crippen LogP contribution is 2.32. The van der Waals surface area contributed by atoms with E-state index in [0.717, 1.165) is 28.0 Å². The van der Waals surface area contributed by atoms with E-state index in [4.69, 9.17) is 10.5 Å². The Morgan fingerprint density at radius 2 is 1.80 bits per heavy atom. The van der Waals surface area contributed by atoms with Crippen LogP contribution in [0.4, 0.5) is 0 Å². The molecule has 0 aliphatic carbocycles. The van der Waals surface area contributed by atoms with Gasteiger partial charge >= 0.3 is 0 Å². The summed E-state index contributed by atoms with van der Waals surface area (Å²) in [5, 5.41) is 0. The molecular weight excluding hydrogens is 312 g/mol. The number of methoxy groups -OCH3 is 1. The van der Waals surface area contributed by atoms with Gasteiger partial charge in [-0.2, -0.15) is 0 Å². The van der Waals surface area contributed by atoms with Crippen LogP contribution in [0.1, 0.15) is 34.3 Å². The van der Waals surface area contributed by atoms with Crippen LogP contribution in [0.5, 0.6) is 5.75 Å². The lowest BCUT2D eigenvalue weighted by atomic mass is 9.87. The van der Waals surface area contributed by atoms with E-state index in [1.54, 1.807) is 25.6 Å². The number of hydrogen-bond donors (Lipinski definition) is 1. The van der Waals surface area contributed by atoms with E-state index in [1.807, 2.05) is 48.5 Å². The molecular formula is C21H20N2O2. The summed E-state index contributed by atoms with van der Waals surface area (Å²) in [5.41, 5.74) is 10.2. The molecule has 4 nitrogen and oxygen atoms in total. The van der Waals surface area contributed by atoms with Crippen LogP contribution in [0.3, 0.4) is 0 Å². The second-order valence-electron chi connectivity index (χ2n) is 5.90. The van der Waals surface area contributed by atoms with Crippen LogP contribution >= 0.6 is 0 Å². The molecule has 1 atom stereocenters. The van der Waals surface area contributed by atoms with Gasteiger partial charge in [-0.3, -0.25) is 9.78 Å². The van der Waals surface area contributed by atoms with E-state index in [1.165, 1.54) is 0 Å². The Labute approximate surface area is 147 Å². The molecule has 0 unspecified atom stereocenters. The lowest BCUT2D eigenvalue weighted by Gasteiger charge is -2.18. The molecule has 3 aromatic rings. The summed E-state index contributed by atoms with van der Waals surface area (Å²) in [4.78, 5) is 16.0. The van der Waals surface area contributed by atoms with Gasteiger partial charge < -0.3 is 10.5 Å². The van der Waals surface area contributed by atoms with Gasteiger partial charge in [0.2, 0.25) is 5.91 Å². The van der Waals surface area contributed by atoms with Gasteiger partial charge in [0.05, 0.1) is 7.11 Å². The first-order valence-corrected chi connectivity index (χ1v) is 8.08. The molecule has 126 valence electrons. The molecule has 0 bridgehead atoms. The van der Waals surface area contributed by atoms with Crippen LogP contribution in [-0.4, -0.2) is 18.0 Å². The monoisotopic (exact) mass is 332 g/mol. The number of aromatic nitrogens is 1. The lowest BCUT2D eigenvalue weighted by Crippen LogP contribution is -2.15. The fraction of sp³-hybridized carbons (Fsp3) is 0.143. The van der Waals surface area contributed by atoms with Crippen molar-refractivity contribution in [1.82, 2.24) is 4.98 Å². The Bertz CT molecular complexity index is 891. The first-order chi connectivity index (χ1) is 12.1. The molecule has 0 radical (unpaired) electrons. The number of benzene rings is 2. The van der Waals surface area contributed by atoms with E-state index in [-0.39, 0.29) is 5.92 Å². The number of hydrogen-bond acceptors (Lipinski definition) is 3. The Balaban J connectivity index is 2.10. The van der Waals surface area contributed by atoms with Crippen LogP contribution in [0.25, 0.3) is 11.1 Å². The summed E-state index contributed by atoms with van der Waals surface area (Å²) in [6, 6.07) is 17.5. The van der Waals surface area contributed by atoms with Crippen molar-refractivity contribution in [3.63, 3.8) is 0 Å². The zero-order valence-electron chi connectivity index (χ0n) is 14.3. The maximum absolute atomic E-state index is 11.9. The van der Waals surface area contributed by atoms with Crippen molar-refractivity contribution in [2.75, 3.05) is 7.11 Å². The summed E-state index contributed by atoms with van der Waals surface area (Å²) in [6.45, 7) is 2.06. The predicted molar refractivity (Wildman–Crippen MR) is 98.7 cm³/mol. The maximum Gasteiger partial charge on any atom is 0.248 e. The van der Waals surface area contributed by atoms with Gasteiger partial charge in [0, 0.05) is 23.9 Å². The van der Waals surface area contributed by atoms with Gasteiger partial charge in [-0.15, -0.1) is 0 Å². The first kappa shape index (κ1) is 16.7. The summed E-state index contributed by atoms with van der Waals surface area (Å²) in [6.07, 6.45) is 3.50. The van der Waals surface area contributed by atoms with Crippen molar-refractivity contribution in [3.05, 3.63) is 83.7 Å². The van der Waals surface area contributed by atoms with Crippen LogP contribution in [0, 0.1) is 0 Å². The van der Waals surface area contributed by atoms with Gasteiger partial charge in [0.15, 0.2) is 0 Å². The third-order valence-electron chi connectivity index (χ3n) is 4.39. The standard InChI is InChI=1S/C21H20N2O2/c1-14(16-4-3-5-18(12-16)25-2)20-13-17(6-7-19(20)21(22)24)15-8-10-23-11-9-15/h3-14H,1-2H3,(H2,22,24)/t14-/m1/s1. The van der Waals surface area contributed by atoms with Gasteiger partial charge in [-0.25, -0.2) is 0 Å². The van der Waals surface area contributed by atoms with Crippen molar-refractivity contribution in [2.24, 2.45) is 5.73 Å². The fourth-order valence-corrected chi connectivity index (χ4v) is 2.96. The van der Waals surface area contributed by atoms with Crippen LogP contribution < -0.4 is 10.5 Å². The third kappa shape index (κ3) is 3.53. The van der Waals surface area contributed by atoms with Gasteiger partial charge in [-0.1, -0.05) is 25.1 Å². The summed E-state index contributed by atoms with van der Waals surface area (Å²) >= 11 is 0. The molecule has 3 rings (SSSR count). The van der Waals surface area contributed by atoms with E-state index < -0.39 is 5.91 Å². The topological polar surface area (TPSA) is 65.2 Å². The second kappa shape index (κ2) is 7.18. The number of carbonyl (C=O) groups excluding carboxylic acids is 1. The number of nitrogens with zero attached hydrogens (tertiary/aromatic N) is 1. The quantitative estimate of drug-likeness (QED) is 0.768. The summed E-state index contributed by atoms with van der Waals surface area (Å²) in [5.74, 6) is 0.362. The summed E-state index contributed by atoms with van der Waals surface area (Å²) in [7, 11) is 1.64. The highest BCUT2D eigenvalue weighted by molar-refractivity contribution is 5.95. The normalized spacial score (nSPS) is 11.8. The Morgan fingerprint density at radius 3 is 2.48 bits per heavy atom. The molecule has 4 heteroatoms. The SMILES string of the molecule is COc1cccc([C@@H](C)c2cc(-c3ccncc3)ccc2C(N)=O)c1.